The van der Waals surface area contributed by atoms with Crippen LogP contribution in [-0.4, -0.2) is 59.4 Å². The SMILES string of the molecule is CC(=O)NCCOC(=O)C=C1CN=C(c2ccccc2F)c2cc(Cl)ccc2N1.O=C(O)C=CC(=O)O. The molecule has 2 aromatic carbocycles. The quantitative estimate of drug-likeness (QED) is 0.241. The first-order valence-corrected chi connectivity index (χ1v) is 11.1. The number of benzene rings is 2. The molecule has 12 heteroatoms. The van der Waals surface area contributed by atoms with Crippen molar-refractivity contribution in [3.05, 3.63) is 88.4 Å². The fourth-order valence-electron chi connectivity index (χ4n) is 2.95. The van der Waals surface area contributed by atoms with Gasteiger partial charge in [0.05, 0.1) is 18.8 Å². The average molecular weight is 532 g/mol. The number of rotatable bonds is 7. The van der Waals surface area contributed by atoms with Crippen molar-refractivity contribution < 1.29 is 38.5 Å². The lowest BCUT2D eigenvalue weighted by atomic mass is 10.00. The Labute approximate surface area is 216 Å². The molecule has 4 N–H and O–H groups in total. The second-order valence-electron chi connectivity index (χ2n) is 7.29. The summed E-state index contributed by atoms with van der Waals surface area (Å²) in [7, 11) is 0. The molecule has 0 atom stereocenters. The maximum absolute atomic E-state index is 14.4. The minimum absolute atomic E-state index is 0.0537. The summed E-state index contributed by atoms with van der Waals surface area (Å²) in [5.41, 5.74) is 2.55. The van der Waals surface area contributed by atoms with Gasteiger partial charge in [-0.3, -0.25) is 9.79 Å². The van der Waals surface area contributed by atoms with Crippen LogP contribution in [0.25, 0.3) is 0 Å². The van der Waals surface area contributed by atoms with Crippen LogP contribution in [0, 0.1) is 5.82 Å². The van der Waals surface area contributed by atoms with E-state index in [1.54, 1.807) is 36.4 Å². The van der Waals surface area contributed by atoms with Crippen LogP contribution >= 0.6 is 11.6 Å². The van der Waals surface area contributed by atoms with Crippen molar-refractivity contribution in [2.45, 2.75) is 6.92 Å². The van der Waals surface area contributed by atoms with Crippen LogP contribution in [-0.2, 0) is 23.9 Å². The van der Waals surface area contributed by atoms with Crippen LogP contribution in [0.1, 0.15) is 18.1 Å². The van der Waals surface area contributed by atoms with E-state index in [2.05, 4.69) is 15.6 Å². The topological polar surface area (TPSA) is 154 Å². The lowest BCUT2D eigenvalue weighted by Gasteiger charge is -2.12. The predicted molar refractivity (Wildman–Crippen MR) is 134 cm³/mol. The fraction of sp³-hybridized carbons (Fsp3) is 0.160. The normalized spacial score (nSPS) is 13.3. The molecule has 1 aliphatic heterocycles. The number of hydrogen-bond acceptors (Lipinski definition) is 7. The Morgan fingerprint density at radius 1 is 1.11 bits per heavy atom. The van der Waals surface area contributed by atoms with E-state index in [-0.39, 0.29) is 25.6 Å². The Bertz CT molecular complexity index is 1260. The highest BCUT2D eigenvalue weighted by Gasteiger charge is 2.20. The maximum Gasteiger partial charge on any atom is 0.332 e. The van der Waals surface area contributed by atoms with Gasteiger partial charge in [0.2, 0.25) is 5.91 Å². The van der Waals surface area contributed by atoms with Gasteiger partial charge in [0.25, 0.3) is 0 Å². The molecule has 3 rings (SSSR count). The second kappa shape index (κ2) is 14.1. The van der Waals surface area contributed by atoms with Crippen LogP contribution in [0.4, 0.5) is 10.1 Å². The molecule has 1 amide bonds. The number of anilines is 1. The number of hydrogen-bond donors (Lipinski definition) is 4. The number of nitrogens with zero attached hydrogens (tertiary/aromatic N) is 1. The lowest BCUT2D eigenvalue weighted by Crippen LogP contribution is -2.25. The molecular formula is C25H23ClFN3O7. The Morgan fingerprint density at radius 3 is 2.41 bits per heavy atom. The zero-order valence-electron chi connectivity index (χ0n) is 19.5. The van der Waals surface area contributed by atoms with Crippen molar-refractivity contribution in [3.8, 4) is 0 Å². The van der Waals surface area contributed by atoms with E-state index in [4.69, 9.17) is 26.6 Å². The first-order valence-electron chi connectivity index (χ1n) is 10.7. The van der Waals surface area contributed by atoms with Gasteiger partial charge in [-0.25, -0.2) is 18.8 Å². The summed E-state index contributed by atoms with van der Waals surface area (Å²) in [6, 6.07) is 11.5. The van der Waals surface area contributed by atoms with E-state index < -0.39 is 23.7 Å². The van der Waals surface area contributed by atoms with E-state index in [1.165, 1.54) is 19.1 Å². The van der Waals surface area contributed by atoms with Gasteiger partial charge in [0.1, 0.15) is 12.4 Å². The molecule has 0 bridgehead atoms. The van der Waals surface area contributed by atoms with E-state index in [0.717, 1.165) is 0 Å². The van der Waals surface area contributed by atoms with Crippen molar-refractivity contribution in [1.29, 1.82) is 0 Å². The Hall–Kier alpha value is -4.51. The highest BCUT2D eigenvalue weighted by Crippen LogP contribution is 2.28. The van der Waals surface area contributed by atoms with Gasteiger partial charge in [-0.2, -0.15) is 0 Å². The zero-order valence-corrected chi connectivity index (χ0v) is 20.3. The Kier molecular flexibility index (Phi) is 11.0. The zero-order chi connectivity index (χ0) is 27.4. The first-order chi connectivity index (χ1) is 17.6. The fourth-order valence-corrected chi connectivity index (χ4v) is 3.13. The molecule has 0 aromatic heterocycles. The number of carboxylic acid groups (broad SMARTS) is 2. The van der Waals surface area contributed by atoms with Crippen molar-refractivity contribution in [1.82, 2.24) is 5.32 Å². The molecule has 2 aromatic rings. The van der Waals surface area contributed by atoms with Crippen molar-refractivity contribution in [2.24, 2.45) is 4.99 Å². The Morgan fingerprint density at radius 2 is 1.78 bits per heavy atom. The molecule has 0 radical (unpaired) electrons. The summed E-state index contributed by atoms with van der Waals surface area (Å²) in [5, 5.41) is 21.8. The maximum atomic E-state index is 14.4. The Balaban J connectivity index is 0.000000521. The smallest absolute Gasteiger partial charge is 0.332 e. The molecule has 0 fully saturated rings. The highest BCUT2D eigenvalue weighted by molar-refractivity contribution is 6.31. The third kappa shape index (κ3) is 9.94. The number of halogens is 2. The number of ether oxygens (including phenoxy) is 1. The standard InChI is InChI=1S/C21H19ClFN3O3.C4H4O4/c1-13(27)24-8-9-29-20(28)11-15-12-25-21(16-4-2-3-5-18(16)23)17-10-14(22)6-7-19(17)26-15;5-3(6)1-2-4(7)8/h2-7,10-11,26H,8-9,12H2,1H3,(H,24,27);1-2H,(H,5,6)(H,7,8). The summed E-state index contributed by atoms with van der Waals surface area (Å²) in [4.78, 5) is 46.5. The number of amides is 1. The van der Waals surface area contributed by atoms with Crippen LogP contribution in [0.3, 0.4) is 0 Å². The number of aliphatic carboxylic acids is 2. The number of carboxylic acids is 2. The van der Waals surface area contributed by atoms with E-state index in [1.807, 2.05) is 0 Å². The van der Waals surface area contributed by atoms with Crippen molar-refractivity contribution in [3.63, 3.8) is 0 Å². The predicted octanol–water partition coefficient (Wildman–Crippen LogP) is 3.02. The second-order valence-corrected chi connectivity index (χ2v) is 7.73. The van der Waals surface area contributed by atoms with Crippen LogP contribution in [0.5, 0.6) is 0 Å². The molecule has 1 heterocycles. The van der Waals surface area contributed by atoms with Gasteiger partial charge in [-0.05, 0) is 30.3 Å². The number of benzodiazepines with no additional fused rings is 1. The van der Waals surface area contributed by atoms with Gasteiger partial charge in [-0.15, -0.1) is 0 Å². The number of nitrogens with one attached hydrogen (secondary N) is 2. The van der Waals surface area contributed by atoms with Crippen molar-refractivity contribution in [2.75, 3.05) is 25.0 Å². The molecular weight excluding hydrogens is 509 g/mol. The number of carbonyl (C=O) groups is 4. The molecule has 0 unspecified atom stereocenters. The highest BCUT2D eigenvalue weighted by atomic mass is 35.5. The largest absolute Gasteiger partial charge is 0.478 e. The van der Waals surface area contributed by atoms with Crippen molar-refractivity contribution >= 4 is 46.8 Å². The van der Waals surface area contributed by atoms with Gasteiger partial charge in [0, 0.05) is 52.7 Å². The monoisotopic (exact) mass is 531 g/mol. The molecule has 0 saturated carbocycles. The summed E-state index contributed by atoms with van der Waals surface area (Å²) in [6.07, 6.45) is 2.41. The summed E-state index contributed by atoms with van der Waals surface area (Å²) < 4.78 is 19.5. The number of carbonyl (C=O) groups excluding carboxylic acids is 2. The molecule has 0 aliphatic carbocycles. The third-order valence-corrected chi connectivity index (χ3v) is 4.68. The summed E-state index contributed by atoms with van der Waals surface area (Å²) in [6.45, 7) is 1.79. The molecule has 0 spiro atoms. The van der Waals surface area contributed by atoms with Crippen LogP contribution in [0.2, 0.25) is 5.02 Å². The number of esters is 1. The summed E-state index contributed by atoms with van der Waals surface area (Å²) in [5.74, 6) is -3.69. The van der Waals surface area contributed by atoms with Crippen LogP contribution in [0.15, 0.2) is 71.4 Å². The third-order valence-electron chi connectivity index (χ3n) is 4.45. The van der Waals surface area contributed by atoms with Gasteiger partial charge < -0.3 is 25.6 Å². The van der Waals surface area contributed by atoms with Gasteiger partial charge in [0.15, 0.2) is 0 Å². The van der Waals surface area contributed by atoms with Gasteiger partial charge >= 0.3 is 17.9 Å². The van der Waals surface area contributed by atoms with Crippen LogP contribution < -0.4 is 10.6 Å². The van der Waals surface area contributed by atoms with Gasteiger partial charge in [-0.1, -0.05) is 23.7 Å². The summed E-state index contributed by atoms with van der Waals surface area (Å²) >= 11 is 6.14. The van der Waals surface area contributed by atoms with E-state index in [0.29, 0.717) is 45.4 Å². The minimum Gasteiger partial charge on any atom is -0.478 e. The average Bonchev–Trinajstić information content (AvgIpc) is 3.00. The minimum atomic E-state index is -1.26. The molecule has 37 heavy (non-hydrogen) atoms. The molecule has 1 aliphatic rings. The van der Waals surface area contributed by atoms with E-state index in [9.17, 15) is 23.6 Å². The molecule has 10 nitrogen and oxygen atoms in total. The number of aliphatic imine (C=N–C) groups is 1. The number of fused-ring (bicyclic) bond motifs is 1. The molecule has 0 saturated heterocycles. The van der Waals surface area contributed by atoms with E-state index >= 15 is 0 Å². The lowest BCUT2D eigenvalue weighted by molar-refractivity contribution is -0.138. The molecule has 194 valence electrons. The first kappa shape index (κ1) is 28.7.